The van der Waals surface area contributed by atoms with Crippen molar-refractivity contribution in [3.63, 3.8) is 0 Å². The number of aliphatic hydroxyl groups is 1. The van der Waals surface area contributed by atoms with Crippen molar-refractivity contribution >= 4 is 0 Å². The molecule has 0 spiro atoms. The molecule has 0 saturated carbocycles. The Morgan fingerprint density at radius 1 is 1.06 bits per heavy atom. The second kappa shape index (κ2) is 9.70. The highest BCUT2D eigenvalue weighted by atomic mass is 16.3. The van der Waals surface area contributed by atoms with Gasteiger partial charge in [0, 0.05) is 0 Å². The highest BCUT2D eigenvalue weighted by Crippen LogP contribution is 2.24. The first-order valence-electron chi connectivity index (χ1n) is 7.67. The minimum absolute atomic E-state index is 0.0457. The largest absolute Gasteiger partial charge is 0.393 e. The lowest BCUT2D eigenvalue weighted by Crippen LogP contribution is -2.21. The Hall–Kier alpha value is -0.300. The summed E-state index contributed by atoms with van der Waals surface area (Å²) in [6.45, 7) is 2.26. The maximum Gasteiger partial charge on any atom is 0.0571 e. The van der Waals surface area contributed by atoms with Crippen molar-refractivity contribution in [3.8, 4) is 0 Å². The number of hydrogen-bond acceptors (Lipinski definition) is 1. The molecule has 100 valence electrons. The van der Waals surface area contributed by atoms with Crippen LogP contribution in [0.5, 0.6) is 0 Å². The van der Waals surface area contributed by atoms with Crippen LogP contribution >= 0.6 is 0 Å². The maximum absolute atomic E-state index is 10.1. The molecule has 1 heteroatoms. The molecule has 2 unspecified atom stereocenters. The minimum Gasteiger partial charge on any atom is -0.393 e. The van der Waals surface area contributed by atoms with Crippen LogP contribution in [-0.2, 0) is 0 Å². The number of hydrogen-bond donors (Lipinski definition) is 1. The van der Waals surface area contributed by atoms with Crippen LogP contribution in [-0.4, -0.2) is 11.2 Å². The standard InChI is InChI=1S/C16H30O/c1-2-3-4-5-6-7-11-14-16(17)15-12-9-8-10-13-15/h8-9,15-17H,2-7,10-14H2,1H3. The summed E-state index contributed by atoms with van der Waals surface area (Å²) >= 11 is 0. The van der Waals surface area contributed by atoms with Crippen molar-refractivity contribution in [1.82, 2.24) is 0 Å². The van der Waals surface area contributed by atoms with E-state index in [9.17, 15) is 5.11 Å². The number of aliphatic hydroxyl groups excluding tert-OH is 1. The Balaban J connectivity index is 1.93. The Kier molecular flexibility index (Phi) is 8.42. The molecule has 0 aromatic rings. The van der Waals surface area contributed by atoms with Crippen molar-refractivity contribution in [2.75, 3.05) is 0 Å². The van der Waals surface area contributed by atoms with Gasteiger partial charge in [-0.15, -0.1) is 0 Å². The van der Waals surface area contributed by atoms with Gasteiger partial charge in [0.25, 0.3) is 0 Å². The summed E-state index contributed by atoms with van der Waals surface area (Å²) in [6, 6.07) is 0. The molecular weight excluding hydrogens is 208 g/mol. The molecule has 0 bridgehead atoms. The van der Waals surface area contributed by atoms with Crippen LogP contribution in [0, 0.1) is 5.92 Å². The van der Waals surface area contributed by atoms with E-state index in [0.29, 0.717) is 5.92 Å². The summed E-state index contributed by atoms with van der Waals surface area (Å²) in [5, 5.41) is 10.1. The zero-order valence-electron chi connectivity index (χ0n) is 11.5. The molecule has 1 N–H and O–H groups in total. The van der Waals surface area contributed by atoms with Gasteiger partial charge >= 0.3 is 0 Å². The fraction of sp³-hybridized carbons (Fsp3) is 0.875. The van der Waals surface area contributed by atoms with Crippen molar-refractivity contribution in [3.05, 3.63) is 12.2 Å². The van der Waals surface area contributed by atoms with Crippen molar-refractivity contribution in [2.45, 2.75) is 83.7 Å². The van der Waals surface area contributed by atoms with Crippen LogP contribution in [0.15, 0.2) is 12.2 Å². The number of unbranched alkanes of at least 4 members (excludes halogenated alkanes) is 6. The molecule has 1 aliphatic rings. The van der Waals surface area contributed by atoms with Gasteiger partial charge < -0.3 is 5.11 Å². The van der Waals surface area contributed by atoms with E-state index in [1.807, 2.05) is 0 Å². The molecule has 1 rings (SSSR count). The first-order chi connectivity index (χ1) is 8.34. The van der Waals surface area contributed by atoms with Crippen LogP contribution in [0.1, 0.15) is 77.6 Å². The molecule has 1 nitrogen and oxygen atoms in total. The molecular formula is C16H30O. The van der Waals surface area contributed by atoms with Gasteiger partial charge in [0.05, 0.1) is 6.10 Å². The molecule has 0 radical (unpaired) electrons. The zero-order valence-corrected chi connectivity index (χ0v) is 11.5. The van der Waals surface area contributed by atoms with Gasteiger partial charge in [0.15, 0.2) is 0 Å². The third kappa shape index (κ3) is 6.88. The molecule has 2 atom stereocenters. The summed E-state index contributed by atoms with van der Waals surface area (Å²) < 4.78 is 0. The monoisotopic (exact) mass is 238 g/mol. The Labute approximate surface area is 107 Å². The van der Waals surface area contributed by atoms with Crippen LogP contribution in [0.4, 0.5) is 0 Å². The van der Waals surface area contributed by atoms with Crippen LogP contribution in [0.3, 0.4) is 0 Å². The number of rotatable bonds is 9. The van der Waals surface area contributed by atoms with Crippen molar-refractivity contribution in [1.29, 1.82) is 0 Å². The average molecular weight is 238 g/mol. The Morgan fingerprint density at radius 3 is 2.41 bits per heavy atom. The molecule has 0 amide bonds. The second-order valence-corrected chi connectivity index (χ2v) is 5.52. The van der Waals surface area contributed by atoms with Gasteiger partial charge in [0.1, 0.15) is 0 Å². The number of allylic oxidation sites excluding steroid dienone is 2. The summed E-state index contributed by atoms with van der Waals surface area (Å²) in [7, 11) is 0. The van der Waals surface area contributed by atoms with E-state index in [4.69, 9.17) is 0 Å². The van der Waals surface area contributed by atoms with E-state index in [0.717, 1.165) is 12.8 Å². The summed E-state index contributed by atoms with van der Waals surface area (Å²) in [5.41, 5.74) is 0. The Bertz CT molecular complexity index is 198. The fourth-order valence-corrected chi connectivity index (χ4v) is 2.71. The maximum atomic E-state index is 10.1. The fourth-order valence-electron chi connectivity index (χ4n) is 2.71. The summed E-state index contributed by atoms with van der Waals surface area (Å²) in [4.78, 5) is 0. The topological polar surface area (TPSA) is 20.2 Å². The Morgan fingerprint density at radius 2 is 1.76 bits per heavy atom. The van der Waals surface area contributed by atoms with Crippen molar-refractivity contribution < 1.29 is 5.11 Å². The third-order valence-electron chi connectivity index (χ3n) is 3.96. The second-order valence-electron chi connectivity index (χ2n) is 5.52. The van der Waals surface area contributed by atoms with Gasteiger partial charge in [-0.2, -0.15) is 0 Å². The minimum atomic E-state index is -0.0457. The predicted molar refractivity (Wildman–Crippen MR) is 75.1 cm³/mol. The predicted octanol–water partition coefficient (Wildman–Crippen LogP) is 4.84. The lowest BCUT2D eigenvalue weighted by molar-refractivity contribution is 0.0907. The molecule has 17 heavy (non-hydrogen) atoms. The normalized spacial score (nSPS) is 21.6. The van der Waals surface area contributed by atoms with E-state index < -0.39 is 0 Å². The average Bonchev–Trinajstić information content (AvgIpc) is 2.38. The summed E-state index contributed by atoms with van der Waals surface area (Å²) in [6.07, 6.45) is 18.3. The highest BCUT2D eigenvalue weighted by molar-refractivity contribution is 4.92. The van der Waals surface area contributed by atoms with Crippen LogP contribution < -0.4 is 0 Å². The van der Waals surface area contributed by atoms with E-state index in [-0.39, 0.29) is 6.10 Å². The summed E-state index contributed by atoms with van der Waals surface area (Å²) in [5.74, 6) is 0.542. The van der Waals surface area contributed by atoms with E-state index in [1.165, 1.54) is 57.8 Å². The lowest BCUT2D eigenvalue weighted by atomic mass is 9.87. The molecule has 0 heterocycles. The van der Waals surface area contributed by atoms with Gasteiger partial charge in [-0.1, -0.05) is 64.0 Å². The first-order valence-corrected chi connectivity index (χ1v) is 7.67. The van der Waals surface area contributed by atoms with E-state index >= 15 is 0 Å². The van der Waals surface area contributed by atoms with Gasteiger partial charge in [0.2, 0.25) is 0 Å². The van der Waals surface area contributed by atoms with Crippen LogP contribution in [0.2, 0.25) is 0 Å². The lowest BCUT2D eigenvalue weighted by Gasteiger charge is -2.23. The smallest absolute Gasteiger partial charge is 0.0571 e. The van der Waals surface area contributed by atoms with E-state index in [1.54, 1.807) is 0 Å². The van der Waals surface area contributed by atoms with Gasteiger partial charge in [-0.3, -0.25) is 0 Å². The first kappa shape index (κ1) is 14.8. The SMILES string of the molecule is CCCCCCCCCC(O)C1CC=CCC1. The van der Waals surface area contributed by atoms with Crippen molar-refractivity contribution in [2.24, 2.45) is 5.92 Å². The quantitative estimate of drug-likeness (QED) is 0.450. The molecule has 0 saturated heterocycles. The molecule has 0 aliphatic heterocycles. The molecule has 0 aromatic heterocycles. The van der Waals surface area contributed by atoms with Gasteiger partial charge in [-0.05, 0) is 31.6 Å². The van der Waals surface area contributed by atoms with E-state index in [2.05, 4.69) is 19.1 Å². The zero-order chi connectivity index (χ0) is 12.3. The molecule has 1 aliphatic carbocycles. The highest BCUT2D eigenvalue weighted by Gasteiger charge is 2.18. The molecule has 0 aromatic carbocycles. The third-order valence-corrected chi connectivity index (χ3v) is 3.96. The molecule has 0 fully saturated rings. The van der Waals surface area contributed by atoms with Gasteiger partial charge in [-0.25, -0.2) is 0 Å². The van der Waals surface area contributed by atoms with Crippen LogP contribution in [0.25, 0.3) is 0 Å².